The first-order valence-corrected chi connectivity index (χ1v) is 24.3. The molecule has 0 saturated carbocycles. The summed E-state index contributed by atoms with van der Waals surface area (Å²) in [5.74, 6) is -5.99. The number of guanidine groups is 1. The minimum atomic E-state index is -1.45. The van der Waals surface area contributed by atoms with Crippen molar-refractivity contribution in [3.63, 3.8) is 0 Å². The van der Waals surface area contributed by atoms with Gasteiger partial charge in [0.25, 0.3) is 0 Å². The first-order chi connectivity index (χ1) is 34.6. The molecule has 14 N–H and O–H groups in total. The van der Waals surface area contributed by atoms with Gasteiger partial charge in [-0.1, -0.05) is 50.1 Å². The number of fused-ring (bicyclic) bond motifs is 1. The standard InChI is InChI=1S/C49H67FN14O8/c1-3-4-11-36(59-29(2)65)44(68)61-38-19-22-54-42(66)14-7-8-20-55-43(67)40(24-31-26-57-35-12-6-5-10-34(31)35)63-45(69)37(13-9-21-56-49(51)52)60-47(71)39(23-30-15-17-32(50)18-16-30)62-48(72)41(64-46(38)70)25-33-27-53-28-58-33/h5-6,10,12,15-18,26-28,36-41,57H,3-4,7-9,11,13-14,19-25H2,1-2H3,(H,53,58)(H,54,66)(H,55,67)(H,59,65)(H,60,71)(H,61,68)(H,62,72)(H,63,69)(H,64,70)(H4,51,52,56)/t36-,37-,38-,39+,40-,41-/m0/s1. The first-order valence-electron chi connectivity index (χ1n) is 24.3. The van der Waals surface area contributed by atoms with Gasteiger partial charge >= 0.3 is 0 Å². The number of unbranched alkanes of at least 4 members (excludes halogenated alkanes) is 1. The van der Waals surface area contributed by atoms with Crippen molar-refractivity contribution in [3.8, 4) is 0 Å². The van der Waals surface area contributed by atoms with Crippen molar-refractivity contribution in [3.05, 3.63) is 89.9 Å². The highest BCUT2D eigenvalue weighted by atomic mass is 19.1. The lowest BCUT2D eigenvalue weighted by Crippen LogP contribution is -2.60. The van der Waals surface area contributed by atoms with Gasteiger partial charge in [0, 0.05) is 81.2 Å². The molecule has 2 aromatic heterocycles. The van der Waals surface area contributed by atoms with Gasteiger partial charge < -0.3 is 64.0 Å². The summed E-state index contributed by atoms with van der Waals surface area (Å²) >= 11 is 0. The van der Waals surface area contributed by atoms with Crippen LogP contribution in [0.2, 0.25) is 0 Å². The Hall–Kier alpha value is -7.85. The van der Waals surface area contributed by atoms with Crippen molar-refractivity contribution in [2.24, 2.45) is 16.5 Å². The third-order valence-electron chi connectivity index (χ3n) is 12.0. The van der Waals surface area contributed by atoms with E-state index in [-0.39, 0.29) is 82.9 Å². The van der Waals surface area contributed by atoms with Crippen LogP contribution < -0.4 is 54.0 Å². The molecular weight excluding hydrogens is 932 g/mol. The molecule has 8 amide bonds. The molecule has 5 rings (SSSR count). The number of hydrogen-bond acceptors (Lipinski definition) is 10. The minimum absolute atomic E-state index is 0.0259. The number of aliphatic imine (C=N–C) groups is 1. The Morgan fingerprint density at radius 1 is 0.792 bits per heavy atom. The molecule has 6 atom stereocenters. The summed E-state index contributed by atoms with van der Waals surface area (Å²) < 4.78 is 14.1. The average molecular weight is 999 g/mol. The zero-order chi connectivity index (χ0) is 52.0. The Balaban J connectivity index is 1.52. The number of amides is 8. The largest absolute Gasteiger partial charge is 0.370 e. The van der Waals surface area contributed by atoms with E-state index in [1.54, 1.807) is 6.20 Å². The summed E-state index contributed by atoms with van der Waals surface area (Å²) in [6, 6.07) is 5.02. The summed E-state index contributed by atoms with van der Waals surface area (Å²) in [6.45, 7) is 3.34. The van der Waals surface area contributed by atoms with Crippen molar-refractivity contribution in [2.75, 3.05) is 19.6 Å². The average Bonchev–Trinajstić information content (AvgIpc) is 4.02. The Morgan fingerprint density at radius 2 is 1.47 bits per heavy atom. The lowest BCUT2D eigenvalue weighted by atomic mass is 10.0. The van der Waals surface area contributed by atoms with E-state index in [4.69, 9.17) is 11.5 Å². The number of nitrogens with one attached hydrogen (secondary N) is 10. The second-order valence-electron chi connectivity index (χ2n) is 17.7. The van der Waals surface area contributed by atoms with Crippen molar-refractivity contribution in [1.82, 2.24) is 57.5 Å². The lowest BCUT2D eigenvalue weighted by molar-refractivity contribution is -0.135. The highest BCUT2D eigenvalue weighted by Gasteiger charge is 2.34. The number of carbonyl (C=O) groups excluding carboxylic acids is 8. The molecule has 23 heteroatoms. The molecule has 1 fully saturated rings. The summed E-state index contributed by atoms with van der Waals surface area (Å²) in [7, 11) is 0. The Labute approximate surface area is 416 Å². The molecule has 0 spiro atoms. The number of nitrogens with two attached hydrogens (primary N) is 2. The topological polar surface area (TPSA) is 342 Å². The van der Waals surface area contributed by atoms with Crippen molar-refractivity contribution >= 4 is 64.1 Å². The van der Waals surface area contributed by atoms with Gasteiger partial charge in [0.15, 0.2) is 5.96 Å². The van der Waals surface area contributed by atoms with E-state index in [1.165, 1.54) is 43.7 Å². The van der Waals surface area contributed by atoms with Gasteiger partial charge in [-0.15, -0.1) is 0 Å². The maximum absolute atomic E-state index is 14.6. The number of rotatable bonds is 16. The number of imidazole rings is 1. The first kappa shape index (κ1) is 55.1. The number of H-pyrrole nitrogens is 2. The van der Waals surface area contributed by atoms with Crippen LogP contribution in [-0.4, -0.2) is 124 Å². The van der Waals surface area contributed by atoms with Crippen LogP contribution in [0.5, 0.6) is 0 Å². The number of benzene rings is 2. The number of para-hydroxylation sites is 1. The fourth-order valence-corrected chi connectivity index (χ4v) is 8.14. The van der Waals surface area contributed by atoms with Gasteiger partial charge in [-0.3, -0.25) is 43.3 Å². The number of aromatic amines is 2. The van der Waals surface area contributed by atoms with Crippen molar-refractivity contribution < 1.29 is 42.7 Å². The molecule has 4 aromatic rings. The molecule has 1 saturated heterocycles. The van der Waals surface area contributed by atoms with Crippen LogP contribution in [0.3, 0.4) is 0 Å². The van der Waals surface area contributed by atoms with E-state index in [0.717, 1.165) is 22.9 Å². The fourth-order valence-electron chi connectivity index (χ4n) is 8.14. The van der Waals surface area contributed by atoms with E-state index < -0.39 is 83.4 Å². The molecular formula is C49H67FN14O8. The molecule has 1 aliphatic rings. The molecule has 388 valence electrons. The van der Waals surface area contributed by atoms with Gasteiger partial charge in [-0.05, 0) is 67.9 Å². The van der Waals surface area contributed by atoms with Crippen LogP contribution in [-0.2, 0) is 57.6 Å². The van der Waals surface area contributed by atoms with Crippen LogP contribution in [0.4, 0.5) is 4.39 Å². The van der Waals surface area contributed by atoms with Crippen molar-refractivity contribution in [2.45, 2.75) is 127 Å². The SMILES string of the molecule is CCCC[C@H](NC(C)=O)C(=O)N[C@H]1CCNC(=O)CCCCNC(=O)[C@H](Cc2c[nH]c3ccccc23)NC(=O)[C@H](CCCN=C(N)N)NC(=O)[C@@H](Cc2ccc(F)cc2)NC(=O)[C@H](Cc2cnc[nH]2)NC1=O. The normalized spacial score (nSPS) is 20.6. The van der Waals surface area contributed by atoms with Crippen LogP contribution >= 0.6 is 0 Å². The highest BCUT2D eigenvalue weighted by Crippen LogP contribution is 2.20. The molecule has 0 bridgehead atoms. The lowest BCUT2D eigenvalue weighted by Gasteiger charge is -2.28. The van der Waals surface area contributed by atoms with E-state index in [0.29, 0.717) is 30.5 Å². The fraction of sp³-hybridized carbons (Fsp3) is 0.469. The molecule has 3 heterocycles. The Kier molecular flexibility index (Phi) is 21.5. The molecule has 0 unspecified atom stereocenters. The zero-order valence-electron chi connectivity index (χ0n) is 40.6. The quantitative estimate of drug-likeness (QED) is 0.0404. The highest BCUT2D eigenvalue weighted by molar-refractivity contribution is 5.97. The summed E-state index contributed by atoms with van der Waals surface area (Å²) in [6.07, 6.45) is 6.64. The Bertz CT molecular complexity index is 2490. The predicted octanol–water partition coefficient (Wildman–Crippen LogP) is 0.0369. The van der Waals surface area contributed by atoms with Gasteiger partial charge in [-0.25, -0.2) is 9.37 Å². The van der Waals surface area contributed by atoms with Crippen LogP contribution in [0.25, 0.3) is 10.9 Å². The minimum Gasteiger partial charge on any atom is -0.370 e. The molecule has 0 radical (unpaired) electrons. The van der Waals surface area contributed by atoms with Gasteiger partial charge in [-0.2, -0.15) is 0 Å². The van der Waals surface area contributed by atoms with E-state index in [9.17, 15) is 42.7 Å². The number of hydrogen-bond donors (Lipinski definition) is 12. The maximum atomic E-state index is 14.6. The third kappa shape index (κ3) is 17.8. The van der Waals surface area contributed by atoms with Gasteiger partial charge in [0.05, 0.1) is 6.33 Å². The Morgan fingerprint density at radius 3 is 2.17 bits per heavy atom. The molecule has 2 aromatic carbocycles. The summed E-state index contributed by atoms with van der Waals surface area (Å²) in [5, 5.41) is 22.8. The van der Waals surface area contributed by atoms with Crippen molar-refractivity contribution in [1.29, 1.82) is 0 Å². The van der Waals surface area contributed by atoms with E-state index >= 15 is 0 Å². The van der Waals surface area contributed by atoms with Crippen LogP contribution in [0.15, 0.2) is 72.2 Å². The summed E-state index contributed by atoms with van der Waals surface area (Å²) in [5.41, 5.74) is 13.5. The monoisotopic (exact) mass is 999 g/mol. The molecule has 1 aliphatic heterocycles. The van der Waals surface area contributed by atoms with E-state index in [1.807, 2.05) is 31.2 Å². The third-order valence-corrected chi connectivity index (χ3v) is 12.0. The van der Waals surface area contributed by atoms with Crippen LogP contribution in [0, 0.1) is 5.82 Å². The maximum Gasteiger partial charge on any atom is 0.243 e. The van der Waals surface area contributed by atoms with Crippen LogP contribution in [0.1, 0.15) is 88.5 Å². The molecule has 22 nitrogen and oxygen atoms in total. The predicted molar refractivity (Wildman–Crippen MR) is 266 cm³/mol. The summed E-state index contributed by atoms with van der Waals surface area (Å²) in [4.78, 5) is 125. The second kappa shape index (κ2) is 28.1. The van der Waals surface area contributed by atoms with E-state index in [2.05, 4.69) is 62.5 Å². The number of nitrogens with zero attached hydrogens (tertiary/aromatic N) is 2. The molecule has 0 aliphatic carbocycles. The second-order valence-corrected chi connectivity index (χ2v) is 17.7. The smallest absolute Gasteiger partial charge is 0.243 e. The zero-order valence-corrected chi connectivity index (χ0v) is 40.6. The number of carbonyl (C=O) groups is 8. The van der Waals surface area contributed by atoms with Gasteiger partial charge in [0.1, 0.15) is 42.1 Å². The molecule has 72 heavy (non-hydrogen) atoms. The van der Waals surface area contributed by atoms with Gasteiger partial charge in [0.2, 0.25) is 47.3 Å². The number of aromatic nitrogens is 3. The number of halogens is 1.